The fraction of sp³-hybridized carbons (Fsp3) is 0.458. The van der Waals surface area contributed by atoms with Gasteiger partial charge in [-0.05, 0) is 55.8 Å². The topological polar surface area (TPSA) is 69.3 Å². The number of amides is 1. The fourth-order valence-corrected chi connectivity index (χ4v) is 3.78. The fourth-order valence-electron chi connectivity index (χ4n) is 3.65. The summed E-state index contributed by atoms with van der Waals surface area (Å²) in [5.74, 6) is 1.70. The summed E-state index contributed by atoms with van der Waals surface area (Å²) in [4.78, 5) is 15.3. The van der Waals surface area contributed by atoms with Gasteiger partial charge in [-0.25, -0.2) is 0 Å². The largest absolute Gasteiger partial charge is 0.493 e. The molecule has 0 unspecified atom stereocenters. The Morgan fingerprint density at radius 2 is 1.75 bits per heavy atom. The number of benzene rings is 2. The highest BCUT2D eigenvalue weighted by Crippen LogP contribution is 2.32. The molecule has 0 aliphatic carbocycles. The molecule has 0 bridgehead atoms. The van der Waals surface area contributed by atoms with E-state index in [1.54, 1.807) is 52.3 Å². The molecule has 32 heavy (non-hydrogen) atoms. The number of rotatable bonds is 9. The first-order valence-electron chi connectivity index (χ1n) is 10.6. The predicted octanol–water partition coefficient (Wildman–Crippen LogP) is 3.70. The normalized spacial score (nSPS) is 15.7. The Morgan fingerprint density at radius 1 is 1.09 bits per heavy atom. The van der Waals surface area contributed by atoms with E-state index in [-0.39, 0.29) is 11.9 Å². The summed E-state index contributed by atoms with van der Waals surface area (Å²) in [6.07, 6.45) is 0. The van der Waals surface area contributed by atoms with Gasteiger partial charge < -0.3 is 24.3 Å². The number of hydrogen-bond donors (Lipinski definition) is 1. The standard InChI is InChI=1S/C24H31ClN2O5/c1-24(2,32-19-8-6-18(25)7-9-19)23(28)26-16-20(27-11-13-31-14-12-27)17-5-10-21(29-3)22(15-17)30-4/h5-10,15,20H,11-14,16H2,1-4H3,(H,26,28)/t20-/m0/s1. The minimum Gasteiger partial charge on any atom is -0.493 e. The molecule has 0 spiro atoms. The second kappa shape index (κ2) is 10.9. The van der Waals surface area contributed by atoms with Crippen LogP contribution in [0, 0.1) is 0 Å². The molecule has 1 atom stereocenters. The number of carbonyl (C=O) groups is 1. The first kappa shape index (κ1) is 24.2. The number of nitrogens with zero attached hydrogens (tertiary/aromatic N) is 1. The maximum atomic E-state index is 13.0. The molecule has 0 radical (unpaired) electrons. The van der Waals surface area contributed by atoms with Crippen molar-refractivity contribution in [2.45, 2.75) is 25.5 Å². The van der Waals surface area contributed by atoms with Gasteiger partial charge in [0.25, 0.3) is 5.91 Å². The number of ether oxygens (including phenoxy) is 4. The van der Waals surface area contributed by atoms with E-state index in [1.807, 2.05) is 18.2 Å². The first-order valence-corrected chi connectivity index (χ1v) is 11.0. The summed E-state index contributed by atoms with van der Waals surface area (Å²) in [6.45, 7) is 6.78. The van der Waals surface area contributed by atoms with Gasteiger partial charge >= 0.3 is 0 Å². The smallest absolute Gasteiger partial charge is 0.263 e. The number of halogens is 1. The van der Waals surface area contributed by atoms with Crippen LogP contribution in [0.15, 0.2) is 42.5 Å². The molecule has 1 fully saturated rings. The van der Waals surface area contributed by atoms with Gasteiger partial charge in [0.2, 0.25) is 0 Å². The Hall–Kier alpha value is -2.48. The van der Waals surface area contributed by atoms with Gasteiger partial charge in [-0.2, -0.15) is 0 Å². The third-order valence-electron chi connectivity index (χ3n) is 5.47. The van der Waals surface area contributed by atoms with E-state index in [2.05, 4.69) is 10.2 Å². The van der Waals surface area contributed by atoms with Crippen molar-refractivity contribution in [3.8, 4) is 17.2 Å². The molecule has 0 aromatic heterocycles. The molecule has 2 aromatic rings. The first-order chi connectivity index (χ1) is 15.3. The lowest BCUT2D eigenvalue weighted by Crippen LogP contribution is -2.50. The number of hydrogen-bond acceptors (Lipinski definition) is 6. The van der Waals surface area contributed by atoms with Crippen LogP contribution in [0.1, 0.15) is 25.5 Å². The zero-order chi connectivity index (χ0) is 23.1. The van der Waals surface area contributed by atoms with E-state index < -0.39 is 5.60 Å². The summed E-state index contributed by atoms with van der Waals surface area (Å²) >= 11 is 5.94. The van der Waals surface area contributed by atoms with Gasteiger partial charge in [0.1, 0.15) is 5.75 Å². The van der Waals surface area contributed by atoms with Gasteiger partial charge in [-0.15, -0.1) is 0 Å². The third-order valence-corrected chi connectivity index (χ3v) is 5.72. The van der Waals surface area contributed by atoms with Gasteiger partial charge in [0.15, 0.2) is 17.1 Å². The van der Waals surface area contributed by atoms with Crippen molar-refractivity contribution in [2.24, 2.45) is 0 Å². The molecule has 1 amide bonds. The van der Waals surface area contributed by atoms with Crippen LogP contribution in [0.3, 0.4) is 0 Å². The Labute approximate surface area is 194 Å². The van der Waals surface area contributed by atoms with Crippen LogP contribution in [0.5, 0.6) is 17.2 Å². The SMILES string of the molecule is COc1ccc([C@H](CNC(=O)C(C)(C)Oc2ccc(Cl)cc2)N2CCOCC2)cc1OC. The predicted molar refractivity (Wildman–Crippen MR) is 124 cm³/mol. The number of methoxy groups -OCH3 is 2. The van der Waals surface area contributed by atoms with Gasteiger partial charge in [0, 0.05) is 24.7 Å². The molecule has 1 aliphatic rings. The van der Waals surface area contributed by atoms with Crippen molar-refractivity contribution < 1.29 is 23.7 Å². The maximum absolute atomic E-state index is 13.0. The van der Waals surface area contributed by atoms with E-state index in [0.29, 0.717) is 42.0 Å². The van der Waals surface area contributed by atoms with E-state index in [9.17, 15) is 4.79 Å². The summed E-state index contributed by atoms with van der Waals surface area (Å²) in [6, 6.07) is 12.8. The maximum Gasteiger partial charge on any atom is 0.263 e. The van der Waals surface area contributed by atoms with Gasteiger partial charge in [0.05, 0.1) is 33.5 Å². The van der Waals surface area contributed by atoms with Crippen LogP contribution in [0.25, 0.3) is 0 Å². The highest BCUT2D eigenvalue weighted by Gasteiger charge is 2.32. The molecule has 2 aromatic carbocycles. The van der Waals surface area contributed by atoms with Crippen LogP contribution in [-0.2, 0) is 9.53 Å². The van der Waals surface area contributed by atoms with Crippen molar-refractivity contribution in [3.63, 3.8) is 0 Å². The Morgan fingerprint density at radius 3 is 2.38 bits per heavy atom. The third kappa shape index (κ3) is 6.06. The second-order valence-electron chi connectivity index (χ2n) is 8.05. The molecule has 1 aliphatic heterocycles. The second-order valence-corrected chi connectivity index (χ2v) is 8.49. The average molecular weight is 463 g/mol. The summed E-state index contributed by atoms with van der Waals surface area (Å²) in [5.41, 5.74) is -0.0256. The lowest BCUT2D eigenvalue weighted by Gasteiger charge is -2.36. The minimum absolute atomic E-state index is 0.0472. The van der Waals surface area contributed by atoms with Gasteiger partial charge in [-0.3, -0.25) is 9.69 Å². The van der Waals surface area contributed by atoms with E-state index >= 15 is 0 Å². The number of nitrogens with one attached hydrogen (secondary N) is 1. The Kier molecular flexibility index (Phi) is 8.23. The van der Waals surface area contributed by atoms with Crippen LogP contribution in [0.2, 0.25) is 5.02 Å². The molecule has 7 nitrogen and oxygen atoms in total. The van der Waals surface area contributed by atoms with Crippen molar-refractivity contribution >= 4 is 17.5 Å². The molecule has 1 saturated heterocycles. The van der Waals surface area contributed by atoms with Gasteiger partial charge in [-0.1, -0.05) is 17.7 Å². The van der Waals surface area contributed by atoms with Crippen molar-refractivity contribution in [1.29, 1.82) is 0 Å². The van der Waals surface area contributed by atoms with Crippen molar-refractivity contribution in [2.75, 3.05) is 47.1 Å². The summed E-state index contributed by atoms with van der Waals surface area (Å²) in [7, 11) is 3.23. The molecule has 1 N–H and O–H groups in total. The summed E-state index contributed by atoms with van der Waals surface area (Å²) < 4.78 is 22.3. The lowest BCUT2D eigenvalue weighted by molar-refractivity contribution is -0.134. The zero-order valence-corrected chi connectivity index (χ0v) is 19.8. The Balaban J connectivity index is 1.74. The molecule has 174 valence electrons. The molecule has 8 heteroatoms. The Bertz CT molecular complexity index is 898. The van der Waals surface area contributed by atoms with Crippen molar-refractivity contribution in [1.82, 2.24) is 10.2 Å². The highest BCUT2D eigenvalue weighted by molar-refractivity contribution is 6.30. The van der Waals surface area contributed by atoms with E-state index in [4.69, 9.17) is 30.5 Å². The summed E-state index contributed by atoms with van der Waals surface area (Å²) in [5, 5.41) is 3.69. The monoisotopic (exact) mass is 462 g/mol. The molecule has 0 saturated carbocycles. The van der Waals surface area contributed by atoms with Crippen LogP contribution in [0.4, 0.5) is 0 Å². The van der Waals surface area contributed by atoms with E-state index in [0.717, 1.165) is 18.7 Å². The molecular weight excluding hydrogens is 432 g/mol. The number of carbonyl (C=O) groups excluding carboxylic acids is 1. The lowest BCUT2D eigenvalue weighted by atomic mass is 10.0. The molecule has 3 rings (SSSR count). The zero-order valence-electron chi connectivity index (χ0n) is 19.0. The number of morpholine rings is 1. The minimum atomic E-state index is -1.05. The van der Waals surface area contributed by atoms with Crippen LogP contribution < -0.4 is 19.5 Å². The van der Waals surface area contributed by atoms with E-state index in [1.165, 1.54) is 0 Å². The van der Waals surface area contributed by atoms with Crippen LogP contribution in [-0.4, -0.2) is 63.5 Å². The average Bonchev–Trinajstić information content (AvgIpc) is 2.81. The molecule has 1 heterocycles. The van der Waals surface area contributed by atoms with Crippen molar-refractivity contribution in [3.05, 3.63) is 53.1 Å². The quantitative estimate of drug-likeness (QED) is 0.612. The highest BCUT2D eigenvalue weighted by atomic mass is 35.5. The van der Waals surface area contributed by atoms with Crippen LogP contribution >= 0.6 is 11.6 Å². The molecular formula is C24H31ClN2O5.